The van der Waals surface area contributed by atoms with Crippen LogP contribution >= 0.6 is 0 Å². The number of imide groups is 1. The van der Waals surface area contributed by atoms with E-state index in [9.17, 15) is 14.4 Å². The van der Waals surface area contributed by atoms with Crippen molar-refractivity contribution in [3.63, 3.8) is 0 Å². The fourth-order valence-electron chi connectivity index (χ4n) is 3.76. The molecule has 3 rings (SSSR count). The number of rotatable bonds is 1. The van der Waals surface area contributed by atoms with Crippen molar-refractivity contribution >= 4 is 17.7 Å². The van der Waals surface area contributed by atoms with Gasteiger partial charge in [-0.3, -0.25) is 19.7 Å². The van der Waals surface area contributed by atoms with Crippen LogP contribution in [0.5, 0.6) is 0 Å². The zero-order chi connectivity index (χ0) is 14.5. The van der Waals surface area contributed by atoms with Gasteiger partial charge < -0.3 is 10.2 Å². The lowest BCUT2D eigenvalue weighted by molar-refractivity contribution is -0.157. The normalized spacial score (nSPS) is 35.9. The van der Waals surface area contributed by atoms with E-state index in [1.807, 2.05) is 0 Å². The minimum Gasteiger partial charge on any atom is -0.318 e. The molecule has 6 heteroatoms. The van der Waals surface area contributed by atoms with Crippen LogP contribution in [-0.4, -0.2) is 47.3 Å². The molecule has 0 aromatic rings. The molecule has 6 nitrogen and oxygen atoms in total. The highest BCUT2D eigenvalue weighted by Gasteiger charge is 2.49. The number of carbonyl (C=O) groups excluding carboxylic acids is 3. The average molecular weight is 279 g/mol. The van der Waals surface area contributed by atoms with Crippen molar-refractivity contribution in [3.8, 4) is 0 Å². The first-order chi connectivity index (χ1) is 9.41. The molecule has 3 amide bonds. The van der Waals surface area contributed by atoms with Crippen LogP contribution in [0.2, 0.25) is 0 Å². The van der Waals surface area contributed by atoms with Crippen molar-refractivity contribution in [3.05, 3.63) is 0 Å². The van der Waals surface area contributed by atoms with Gasteiger partial charge in [-0.15, -0.1) is 0 Å². The van der Waals surface area contributed by atoms with E-state index in [0.29, 0.717) is 11.8 Å². The Kier molecular flexibility index (Phi) is 3.08. The molecule has 3 atom stereocenters. The van der Waals surface area contributed by atoms with Crippen molar-refractivity contribution in [2.45, 2.75) is 44.7 Å². The van der Waals surface area contributed by atoms with Gasteiger partial charge in [0.05, 0.1) is 6.04 Å². The predicted octanol–water partition coefficient (Wildman–Crippen LogP) is -0.362. The van der Waals surface area contributed by atoms with Gasteiger partial charge in [-0.05, 0) is 45.1 Å². The predicted molar refractivity (Wildman–Crippen MR) is 71.6 cm³/mol. The van der Waals surface area contributed by atoms with Crippen LogP contribution in [0.15, 0.2) is 0 Å². The van der Waals surface area contributed by atoms with Crippen LogP contribution in [0.3, 0.4) is 0 Å². The lowest BCUT2D eigenvalue weighted by atomic mass is 9.91. The fraction of sp³-hybridized carbons (Fsp3) is 0.786. The summed E-state index contributed by atoms with van der Waals surface area (Å²) in [6, 6.07) is -0.236. The number of piperazine rings is 1. The minimum atomic E-state index is -0.969. The molecule has 20 heavy (non-hydrogen) atoms. The summed E-state index contributed by atoms with van der Waals surface area (Å²) in [5.41, 5.74) is -0.969. The second-order valence-electron chi connectivity index (χ2n) is 6.60. The number of fused-ring (bicyclic) bond motifs is 1. The van der Waals surface area contributed by atoms with Gasteiger partial charge in [0, 0.05) is 0 Å². The number of amides is 3. The van der Waals surface area contributed by atoms with E-state index in [2.05, 4.69) is 10.6 Å². The molecule has 2 saturated heterocycles. The Morgan fingerprint density at radius 2 is 2.05 bits per heavy atom. The first-order valence-electron chi connectivity index (χ1n) is 7.30. The minimum absolute atomic E-state index is 0.0346. The van der Waals surface area contributed by atoms with Crippen LogP contribution in [0.25, 0.3) is 0 Å². The number of hydrogen-bond acceptors (Lipinski definition) is 4. The zero-order valence-corrected chi connectivity index (χ0v) is 11.9. The summed E-state index contributed by atoms with van der Waals surface area (Å²) < 4.78 is 0. The largest absolute Gasteiger partial charge is 0.318 e. The highest BCUT2D eigenvalue weighted by Crippen LogP contribution is 2.38. The van der Waals surface area contributed by atoms with E-state index in [-0.39, 0.29) is 18.5 Å². The maximum atomic E-state index is 12.8. The van der Waals surface area contributed by atoms with Crippen LogP contribution in [0, 0.1) is 11.8 Å². The van der Waals surface area contributed by atoms with Gasteiger partial charge in [0.15, 0.2) is 0 Å². The molecule has 0 spiro atoms. The van der Waals surface area contributed by atoms with Crippen molar-refractivity contribution in [2.24, 2.45) is 11.8 Å². The van der Waals surface area contributed by atoms with Gasteiger partial charge in [-0.25, -0.2) is 0 Å². The third-order valence-electron chi connectivity index (χ3n) is 5.06. The van der Waals surface area contributed by atoms with Gasteiger partial charge in [0.2, 0.25) is 11.8 Å². The maximum Gasteiger partial charge on any atom is 0.252 e. The Morgan fingerprint density at radius 1 is 1.30 bits per heavy atom. The molecule has 110 valence electrons. The fourth-order valence-corrected chi connectivity index (χ4v) is 3.76. The first-order valence-corrected chi connectivity index (χ1v) is 7.30. The summed E-state index contributed by atoms with van der Waals surface area (Å²) in [4.78, 5) is 37.7. The van der Waals surface area contributed by atoms with Crippen LogP contribution < -0.4 is 10.6 Å². The first kappa shape index (κ1) is 13.5. The molecular formula is C14H21N3O3. The molecule has 0 aromatic heterocycles. The van der Waals surface area contributed by atoms with Crippen LogP contribution in [0.1, 0.15) is 33.1 Å². The summed E-state index contributed by atoms with van der Waals surface area (Å²) in [6.45, 7) is 4.21. The topological polar surface area (TPSA) is 78.5 Å². The molecule has 1 aliphatic carbocycles. The van der Waals surface area contributed by atoms with E-state index >= 15 is 0 Å². The van der Waals surface area contributed by atoms with Gasteiger partial charge >= 0.3 is 0 Å². The number of carbonyl (C=O) groups is 3. The molecule has 0 aromatic carbocycles. The Labute approximate surface area is 118 Å². The Balaban J connectivity index is 1.82. The Hall–Kier alpha value is -1.43. The Morgan fingerprint density at radius 3 is 2.80 bits per heavy atom. The highest BCUT2D eigenvalue weighted by molar-refractivity contribution is 6.06. The van der Waals surface area contributed by atoms with Gasteiger partial charge in [0.25, 0.3) is 5.91 Å². The second kappa shape index (κ2) is 4.55. The van der Waals surface area contributed by atoms with Crippen molar-refractivity contribution in [2.75, 3.05) is 13.1 Å². The van der Waals surface area contributed by atoms with Crippen LogP contribution in [-0.2, 0) is 14.4 Å². The summed E-state index contributed by atoms with van der Waals surface area (Å²) in [5, 5.41) is 5.59. The highest BCUT2D eigenvalue weighted by atomic mass is 16.2. The number of nitrogens with zero attached hydrogens (tertiary/aromatic N) is 1. The van der Waals surface area contributed by atoms with Gasteiger partial charge in [-0.2, -0.15) is 0 Å². The van der Waals surface area contributed by atoms with Crippen molar-refractivity contribution < 1.29 is 14.4 Å². The molecule has 2 heterocycles. The quantitative estimate of drug-likeness (QED) is 0.642. The Bertz CT molecular complexity index is 474. The van der Waals surface area contributed by atoms with E-state index < -0.39 is 17.4 Å². The molecular weight excluding hydrogens is 258 g/mol. The third kappa shape index (κ3) is 1.93. The average Bonchev–Trinajstić information content (AvgIpc) is 2.95. The van der Waals surface area contributed by atoms with E-state index in [4.69, 9.17) is 0 Å². The van der Waals surface area contributed by atoms with Gasteiger partial charge in [-0.1, -0.05) is 6.42 Å². The third-order valence-corrected chi connectivity index (χ3v) is 5.06. The SMILES string of the molecule is CC1(C)C(=O)NC(=O)CN1C(=O)C1NCC2CCCC21. The summed E-state index contributed by atoms with van der Waals surface area (Å²) in [6.07, 6.45) is 3.40. The second-order valence-corrected chi connectivity index (χ2v) is 6.60. The van der Waals surface area contributed by atoms with Gasteiger partial charge in [0.1, 0.15) is 12.1 Å². The lowest BCUT2D eigenvalue weighted by Crippen LogP contribution is -2.67. The summed E-state index contributed by atoms with van der Waals surface area (Å²) in [7, 11) is 0. The summed E-state index contributed by atoms with van der Waals surface area (Å²) >= 11 is 0. The van der Waals surface area contributed by atoms with Crippen molar-refractivity contribution in [1.82, 2.24) is 15.5 Å². The molecule has 3 fully saturated rings. The number of nitrogens with one attached hydrogen (secondary N) is 2. The summed E-state index contributed by atoms with van der Waals surface area (Å²) in [5.74, 6) is 0.0269. The molecule has 0 radical (unpaired) electrons. The lowest BCUT2D eigenvalue weighted by Gasteiger charge is -2.41. The molecule has 1 saturated carbocycles. The van der Waals surface area contributed by atoms with E-state index in [1.54, 1.807) is 13.8 Å². The molecule has 3 unspecified atom stereocenters. The standard InChI is InChI=1S/C14H21N3O3/c1-14(2)13(20)16-10(18)7-17(14)12(19)11-9-5-3-4-8(9)6-15-11/h8-9,11,15H,3-7H2,1-2H3,(H,16,18,20). The zero-order valence-electron chi connectivity index (χ0n) is 11.9. The maximum absolute atomic E-state index is 12.8. The monoisotopic (exact) mass is 279 g/mol. The molecule has 2 aliphatic heterocycles. The smallest absolute Gasteiger partial charge is 0.252 e. The van der Waals surface area contributed by atoms with Crippen molar-refractivity contribution in [1.29, 1.82) is 0 Å². The van der Waals surface area contributed by atoms with E-state index in [0.717, 1.165) is 13.0 Å². The van der Waals surface area contributed by atoms with E-state index in [1.165, 1.54) is 17.7 Å². The number of hydrogen-bond donors (Lipinski definition) is 2. The van der Waals surface area contributed by atoms with Crippen LogP contribution in [0.4, 0.5) is 0 Å². The molecule has 0 bridgehead atoms. The molecule has 3 aliphatic rings. The molecule has 2 N–H and O–H groups in total.